The van der Waals surface area contributed by atoms with Crippen molar-refractivity contribution in [1.29, 1.82) is 0 Å². The molecule has 0 aliphatic rings. The molecule has 6 nitrogen and oxygen atoms in total. The Morgan fingerprint density at radius 2 is 2.19 bits per heavy atom. The molecule has 0 unspecified atom stereocenters. The molecular weight excluding hydrogens is 314 g/mol. The predicted molar refractivity (Wildman–Crippen MR) is 81.2 cm³/mol. The number of carbonyl (C=O) groups excluding carboxylic acids is 1. The van der Waals surface area contributed by atoms with Gasteiger partial charge in [0.1, 0.15) is 11.9 Å². The van der Waals surface area contributed by atoms with Gasteiger partial charge in [0.05, 0.1) is 7.11 Å². The van der Waals surface area contributed by atoms with E-state index in [9.17, 15) is 4.79 Å². The first-order chi connectivity index (χ1) is 9.99. The molecule has 0 saturated carbocycles. The fourth-order valence-corrected chi connectivity index (χ4v) is 2.36. The van der Waals surface area contributed by atoms with Crippen molar-refractivity contribution in [2.75, 3.05) is 12.4 Å². The van der Waals surface area contributed by atoms with Gasteiger partial charge in [0.2, 0.25) is 5.13 Å². The van der Waals surface area contributed by atoms with Crippen molar-refractivity contribution in [1.82, 2.24) is 10.2 Å². The van der Waals surface area contributed by atoms with Gasteiger partial charge >= 0.3 is 6.09 Å². The first-order valence-corrected chi connectivity index (χ1v) is 7.30. The van der Waals surface area contributed by atoms with Crippen molar-refractivity contribution >= 4 is 34.2 Å². The number of benzene rings is 1. The fraction of sp³-hybridized carbons (Fsp3) is 0.308. The predicted octanol–water partition coefficient (Wildman–Crippen LogP) is 3.82. The summed E-state index contributed by atoms with van der Waals surface area (Å²) in [4.78, 5) is 11.1. The molecule has 2 rings (SSSR count). The first-order valence-electron chi connectivity index (χ1n) is 6.10. The molecular formula is C13H14ClN3O3S. The number of aromatic nitrogens is 2. The number of hydrogen-bond donors (Lipinski definition) is 1. The number of hydrogen-bond acceptors (Lipinski definition) is 6. The van der Waals surface area contributed by atoms with Crippen LogP contribution in [0.25, 0.3) is 0 Å². The van der Waals surface area contributed by atoms with Crippen LogP contribution in [0.15, 0.2) is 18.2 Å². The minimum absolute atomic E-state index is 0.295. The molecule has 2 aromatic rings. The first kappa shape index (κ1) is 15.5. The summed E-state index contributed by atoms with van der Waals surface area (Å²) in [5.74, 6) is 0.696. The van der Waals surface area contributed by atoms with Crippen LogP contribution in [0.1, 0.15) is 23.6 Å². The van der Waals surface area contributed by atoms with Crippen LogP contribution in [0.5, 0.6) is 5.75 Å². The number of methoxy groups -OCH3 is 1. The Balaban J connectivity index is 2.04. The molecule has 1 amide bonds. The lowest BCUT2D eigenvalue weighted by atomic mass is 10.2. The zero-order chi connectivity index (χ0) is 15.4. The van der Waals surface area contributed by atoms with Gasteiger partial charge in [0, 0.05) is 5.02 Å². The molecule has 8 heteroatoms. The minimum Gasteiger partial charge on any atom is -0.483 e. The molecule has 0 radical (unpaired) electrons. The molecule has 0 aliphatic carbocycles. The third kappa shape index (κ3) is 4.05. The van der Waals surface area contributed by atoms with E-state index >= 15 is 0 Å². The van der Waals surface area contributed by atoms with Gasteiger partial charge in [0.25, 0.3) is 0 Å². The number of carbonyl (C=O) groups is 1. The van der Waals surface area contributed by atoms with E-state index in [1.807, 2.05) is 19.9 Å². The second-order valence-corrected chi connectivity index (χ2v) is 5.65. The van der Waals surface area contributed by atoms with E-state index in [1.54, 1.807) is 12.1 Å². The summed E-state index contributed by atoms with van der Waals surface area (Å²) >= 11 is 7.20. The van der Waals surface area contributed by atoms with E-state index in [2.05, 4.69) is 20.3 Å². The van der Waals surface area contributed by atoms with Crippen molar-refractivity contribution in [2.45, 2.75) is 20.0 Å². The fourth-order valence-electron chi connectivity index (χ4n) is 1.53. The second kappa shape index (κ2) is 6.73. The monoisotopic (exact) mass is 327 g/mol. The van der Waals surface area contributed by atoms with Gasteiger partial charge in [-0.05, 0) is 37.6 Å². The van der Waals surface area contributed by atoms with Crippen LogP contribution >= 0.6 is 22.9 Å². The van der Waals surface area contributed by atoms with Crippen LogP contribution in [-0.2, 0) is 4.74 Å². The maximum atomic E-state index is 11.1. The molecule has 0 fully saturated rings. The molecule has 21 heavy (non-hydrogen) atoms. The Kier molecular flexibility index (Phi) is 4.98. The van der Waals surface area contributed by atoms with Crippen molar-refractivity contribution in [2.24, 2.45) is 0 Å². The number of anilines is 1. The van der Waals surface area contributed by atoms with E-state index in [-0.39, 0.29) is 6.10 Å². The average Bonchev–Trinajstić information content (AvgIpc) is 2.91. The summed E-state index contributed by atoms with van der Waals surface area (Å²) in [5.41, 5.74) is 0.937. The van der Waals surface area contributed by atoms with Crippen molar-refractivity contribution in [3.8, 4) is 5.75 Å². The van der Waals surface area contributed by atoms with E-state index in [0.717, 1.165) is 5.56 Å². The molecule has 0 saturated heterocycles. The molecule has 1 aromatic heterocycles. The van der Waals surface area contributed by atoms with Gasteiger partial charge < -0.3 is 9.47 Å². The normalized spacial score (nSPS) is 11.8. The summed E-state index contributed by atoms with van der Waals surface area (Å²) in [6, 6.07) is 5.43. The van der Waals surface area contributed by atoms with Crippen molar-refractivity contribution in [3.63, 3.8) is 0 Å². The van der Waals surface area contributed by atoms with Crippen LogP contribution < -0.4 is 10.1 Å². The zero-order valence-corrected chi connectivity index (χ0v) is 13.3. The lowest BCUT2D eigenvalue weighted by Gasteiger charge is -2.12. The molecule has 1 heterocycles. The van der Waals surface area contributed by atoms with Crippen LogP contribution in [0.3, 0.4) is 0 Å². The molecule has 1 atom stereocenters. The summed E-state index contributed by atoms with van der Waals surface area (Å²) in [6.07, 6.45) is -0.879. The molecule has 1 N–H and O–H groups in total. The van der Waals surface area contributed by atoms with Gasteiger partial charge in [-0.3, -0.25) is 5.32 Å². The largest absolute Gasteiger partial charge is 0.483 e. The van der Waals surface area contributed by atoms with Crippen LogP contribution in [0.2, 0.25) is 5.02 Å². The lowest BCUT2D eigenvalue weighted by molar-refractivity contribution is 0.187. The van der Waals surface area contributed by atoms with Crippen LogP contribution in [0.4, 0.5) is 9.93 Å². The number of amides is 1. The van der Waals surface area contributed by atoms with Gasteiger partial charge in [0.15, 0.2) is 5.01 Å². The van der Waals surface area contributed by atoms with Crippen LogP contribution in [0, 0.1) is 6.92 Å². The number of rotatable bonds is 4. The second-order valence-electron chi connectivity index (χ2n) is 4.23. The van der Waals surface area contributed by atoms with Crippen molar-refractivity contribution in [3.05, 3.63) is 33.8 Å². The van der Waals surface area contributed by atoms with Gasteiger partial charge in [-0.1, -0.05) is 22.9 Å². The van der Waals surface area contributed by atoms with E-state index in [4.69, 9.17) is 16.3 Å². The minimum atomic E-state index is -0.584. The van der Waals surface area contributed by atoms with Gasteiger partial charge in [-0.15, -0.1) is 10.2 Å². The highest BCUT2D eigenvalue weighted by Gasteiger charge is 2.15. The summed E-state index contributed by atoms with van der Waals surface area (Å²) in [5, 5.41) is 12.0. The number of aryl methyl sites for hydroxylation is 1. The Morgan fingerprint density at radius 3 is 2.86 bits per heavy atom. The molecule has 1 aromatic carbocycles. The Hall–Kier alpha value is -1.86. The average molecular weight is 328 g/mol. The number of nitrogens with zero attached hydrogens (tertiary/aromatic N) is 2. The Bertz CT molecular complexity index is 647. The summed E-state index contributed by atoms with van der Waals surface area (Å²) < 4.78 is 10.3. The lowest BCUT2D eigenvalue weighted by Crippen LogP contribution is -2.10. The number of halogens is 1. The SMILES string of the molecule is COC(=O)Nc1nnc([C@H](C)Oc2ccc(Cl)c(C)c2)s1. The zero-order valence-electron chi connectivity index (χ0n) is 11.7. The highest BCUT2D eigenvalue weighted by molar-refractivity contribution is 7.15. The summed E-state index contributed by atoms with van der Waals surface area (Å²) in [6.45, 7) is 3.76. The number of ether oxygens (including phenoxy) is 2. The maximum absolute atomic E-state index is 11.1. The standard InChI is InChI=1S/C13H14ClN3O3S/c1-7-6-9(4-5-10(7)14)20-8(2)11-16-17-12(21-11)15-13(18)19-3/h4-6,8H,1-3H3,(H,15,17,18)/t8-/m0/s1. The van der Waals surface area contributed by atoms with E-state index in [1.165, 1.54) is 18.4 Å². The third-order valence-corrected chi connectivity index (χ3v) is 4.05. The quantitative estimate of drug-likeness (QED) is 0.924. The van der Waals surface area contributed by atoms with E-state index in [0.29, 0.717) is 20.9 Å². The highest BCUT2D eigenvalue weighted by Crippen LogP contribution is 2.28. The number of nitrogens with one attached hydrogen (secondary N) is 1. The molecule has 0 aliphatic heterocycles. The highest BCUT2D eigenvalue weighted by atomic mass is 35.5. The molecule has 0 bridgehead atoms. The third-order valence-electron chi connectivity index (χ3n) is 2.63. The van der Waals surface area contributed by atoms with Gasteiger partial charge in [-0.25, -0.2) is 4.79 Å². The van der Waals surface area contributed by atoms with Gasteiger partial charge in [-0.2, -0.15) is 0 Å². The Morgan fingerprint density at radius 1 is 1.43 bits per heavy atom. The van der Waals surface area contributed by atoms with E-state index < -0.39 is 6.09 Å². The maximum Gasteiger partial charge on any atom is 0.413 e. The molecule has 112 valence electrons. The van der Waals surface area contributed by atoms with Crippen molar-refractivity contribution < 1.29 is 14.3 Å². The smallest absolute Gasteiger partial charge is 0.413 e. The topological polar surface area (TPSA) is 73.3 Å². The summed E-state index contributed by atoms with van der Waals surface area (Å²) in [7, 11) is 1.28. The van der Waals surface area contributed by atoms with Crippen LogP contribution in [-0.4, -0.2) is 23.4 Å². The Labute approximate surface area is 131 Å². The molecule has 0 spiro atoms.